The molecule has 0 aliphatic carbocycles. The van der Waals surface area contributed by atoms with Gasteiger partial charge in [-0.05, 0) is 13.8 Å². The van der Waals surface area contributed by atoms with Gasteiger partial charge in [-0.2, -0.15) is 0 Å². The van der Waals surface area contributed by atoms with Gasteiger partial charge in [0.25, 0.3) is 0 Å². The molecule has 1 atom stereocenters. The van der Waals surface area contributed by atoms with Crippen LogP contribution < -0.4 is 5.73 Å². The Balaban J connectivity index is 2.94. The topological polar surface area (TPSA) is 52.0 Å². The molecule has 0 bridgehead atoms. The molecule has 1 rings (SSSR count). The summed E-state index contributed by atoms with van der Waals surface area (Å²) < 4.78 is 5.12. The Morgan fingerprint density at radius 3 is 2.55 bits per heavy atom. The molecule has 0 spiro atoms. The van der Waals surface area contributed by atoms with E-state index in [2.05, 4.69) is 5.16 Å². The van der Waals surface area contributed by atoms with Crippen LogP contribution in [0.4, 0.5) is 0 Å². The maximum absolute atomic E-state index is 5.49. The highest BCUT2D eigenvalue weighted by atomic mass is 16.5. The van der Waals surface area contributed by atoms with Crippen molar-refractivity contribution < 1.29 is 4.52 Å². The SMILES string of the molecule is Cc1noc(C(C)CN)c1C. The average molecular weight is 154 g/mol. The van der Waals surface area contributed by atoms with Gasteiger partial charge in [0.1, 0.15) is 5.76 Å². The third kappa shape index (κ3) is 1.43. The minimum Gasteiger partial charge on any atom is -0.361 e. The van der Waals surface area contributed by atoms with Gasteiger partial charge < -0.3 is 10.3 Å². The highest BCUT2D eigenvalue weighted by Crippen LogP contribution is 2.20. The molecule has 0 fully saturated rings. The van der Waals surface area contributed by atoms with E-state index >= 15 is 0 Å². The summed E-state index contributed by atoms with van der Waals surface area (Å²) in [5.74, 6) is 1.20. The van der Waals surface area contributed by atoms with Crippen LogP contribution in [-0.2, 0) is 0 Å². The monoisotopic (exact) mass is 154 g/mol. The molecule has 3 heteroatoms. The summed E-state index contributed by atoms with van der Waals surface area (Å²) >= 11 is 0. The minimum absolute atomic E-state index is 0.274. The van der Waals surface area contributed by atoms with Gasteiger partial charge in [0.05, 0.1) is 5.69 Å². The lowest BCUT2D eigenvalue weighted by Crippen LogP contribution is -2.08. The van der Waals surface area contributed by atoms with Gasteiger partial charge in [0.15, 0.2) is 0 Å². The van der Waals surface area contributed by atoms with Crippen molar-refractivity contribution in [3.05, 3.63) is 17.0 Å². The zero-order chi connectivity index (χ0) is 8.43. The number of aryl methyl sites for hydroxylation is 1. The van der Waals surface area contributed by atoms with Crippen LogP contribution in [0, 0.1) is 13.8 Å². The van der Waals surface area contributed by atoms with Gasteiger partial charge in [-0.15, -0.1) is 0 Å². The zero-order valence-electron chi connectivity index (χ0n) is 7.22. The molecule has 1 heterocycles. The van der Waals surface area contributed by atoms with E-state index in [0.29, 0.717) is 6.54 Å². The Morgan fingerprint density at radius 2 is 2.18 bits per heavy atom. The number of rotatable bonds is 2. The Hall–Kier alpha value is -0.830. The first-order chi connectivity index (χ1) is 5.16. The molecule has 0 saturated carbocycles. The first-order valence-corrected chi connectivity index (χ1v) is 3.79. The fourth-order valence-electron chi connectivity index (χ4n) is 0.999. The van der Waals surface area contributed by atoms with E-state index < -0.39 is 0 Å². The third-order valence-corrected chi connectivity index (χ3v) is 1.99. The highest BCUT2D eigenvalue weighted by molar-refractivity contribution is 5.22. The Bertz CT molecular complexity index is 242. The van der Waals surface area contributed by atoms with Crippen molar-refractivity contribution in [2.45, 2.75) is 26.7 Å². The van der Waals surface area contributed by atoms with Crippen molar-refractivity contribution in [1.82, 2.24) is 5.16 Å². The summed E-state index contributed by atoms with van der Waals surface area (Å²) in [6, 6.07) is 0. The van der Waals surface area contributed by atoms with E-state index in [1.54, 1.807) is 0 Å². The van der Waals surface area contributed by atoms with Gasteiger partial charge in [0.2, 0.25) is 0 Å². The third-order valence-electron chi connectivity index (χ3n) is 1.99. The van der Waals surface area contributed by atoms with E-state index in [1.165, 1.54) is 0 Å². The molecule has 1 aromatic rings. The second-order valence-corrected chi connectivity index (χ2v) is 2.89. The normalized spacial score (nSPS) is 13.5. The first-order valence-electron chi connectivity index (χ1n) is 3.79. The second-order valence-electron chi connectivity index (χ2n) is 2.89. The summed E-state index contributed by atoms with van der Waals surface area (Å²) in [4.78, 5) is 0. The molecule has 0 saturated heterocycles. The predicted octanol–water partition coefficient (Wildman–Crippen LogP) is 1.35. The first kappa shape index (κ1) is 8.27. The van der Waals surface area contributed by atoms with Crippen LogP contribution in [0.15, 0.2) is 4.52 Å². The van der Waals surface area contributed by atoms with Crippen LogP contribution in [0.1, 0.15) is 29.9 Å². The van der Waals surface area contributed by atoms with E-state index in [4.69, 9.17) is 10.3 Å². The largest absolute Gasteiger partial charge is 0.361 e. The number of aromatic nitrogens is 1. The van der Waals surface area contributed by atoms with Crippen LogP contribution >= 0.6 is 0 Å². The second kappa shape index (κ2) is 3.05. The summed E-state index contributed by atoms with van der Waals surface area (Å²) in [6.07, 6.45) is 0. The average Bonchev–Trinajstić information content (AvgIpc) is 2.32. The summed E-state index contributed by atoms with van der Waals surface area (Å²) in [7, 11) is 0. The van der Waals surface area contributed by atoms with Gasteiger partial charge in [-0.3, -0.25) is 0 Å². The van der Waals surface area contributed by atoms with Crippen LogP contribution in [0.25, 0.3) is 0 Å². The lowest BCUT2D eigenvalue weighted by molar-refractivity contribution is 0.363. The quantitative estimate of drug-likeness (QED) is 0.699. The van der Waals surface area contributed by atoms with Crippen molar-refractivity contribution in [1.29, 1.82) is 0 Å². The molecule has 2 N–H and O–H groups in total. The van der Waals surface area contributed by atoms with Crippen LogP contribution in [0.2, 0.25) is 0 Å². The maximum Gasteiger partial charge on any atom is 0.143 e. The molecular formula is C8H14N2O. The number of nitrogens with two attached hydrogens (primary N) is 1. The number of hydrogen-bond acceptors (Lipinski definition) is 3. The van der Waals surface area contributed by atoms with E-state index in [9.17, 15) is 0 Å². The molecule has 0 aliphatic rings. The Kier molecular flexibility index (Phi) is 2.29. The van der Waals surface area contributed by atoms with Crippen molar-refractivity contribution in [2.24, 2.45) is 5.73 Å². The van der Waals surface area contributed by atoms with E-state index in [-0.39, 0.29) is 5.92 Å². The fourth-order valence-corrected chi connectivity index (χ4v) is 0.999. The summed E-state index contributed by atoms with van der Waals surface area (Å²) in [5.41, 5.74) is 7.58. The van der Waals surface area contributed by atoms with Crippen molar-refractivity contribution >= 4 is 0 Å². The standard InChI is InChI=1S/C8H14N2O/c1-5(4-9)8-6(2)7(3)10-11-8/h5H,4,9H2,1-3H3. The number of hydrogen-bond donors (Lipinski definition) is 1. The van der Waals surface area contributed by atoms with E-state index in [1.807, 2.05) is 20.8 Å². The van der Waals surface area contributed by atoms with Crippen molar-refractivity contribution in [2.75, 3.05) is 6.54 Å². The summed E-state index contributed by atoms with van der Waals surface area (Å²) in [5, 5.41) is 3.85. The Labute approximate surface area is 66.6 Å². The van der Waals surface area contributed by atoms with Crippen LogP contribution in [0.3, 0.4) is 0 Å². The molecule has 0 aliphatic heterocycles. The maximum atomic E-state index is 5.49. The smallest absolute Gasteiger partial charge is 0.143 e. The zero-order valence-corrected chi connectivity index (χ0v) is 7.22. The predicted molar refractivity (Wildman–Crippen MR) is 43.4 cm³/mol. The van der Waals surface area contributed by atoms with Gasteiger partial charge >= 0.3 is 0 Å². The fraction of sp³-hybridized carbons (Fsp3) is 0.625. The lowest BCUT2D eigenvalue weighted by atomic mass is 10.1. The lowest BCUT2D eigenvalue weighted by Gasteiger charge is -2.03. The van der Waals surface area contributed by atoms with Gasteiger partial charge in [-0.25, -0.2) is 0 Å². The minimum atomic E-state index is 0.274. The summed E-state index contributed by atoms with van der Waals surface area (Å²) in [6.45, 7) is 6.58. The molecular weight excluding hydrogens is 140 g/mol. The highest BCUT2D eigenvalue weighted by Gasteiger charge is 2.13. The molecule has 1 aromatic heterocycles. The van der Waals surface area contributed by atoms with Gasteiger partial charge in [-0.1, -0.05) is 12.1 Å². The van der Waals surface area contributed by atoms with Crippen LogP contribution in [0.5, 0.6) is 0 Å². The van der Waals surface area contributed by atoms with Crippen molar-refractivity contribution in [3.63, 3.8) is 0 Å². The van der Waals surface area contributed by atoms with Gasteiger partial charge in [0, 0.05) is 18.0 Å². The molecule has 0 radical (unpaired) electrons. The molecule has 11 heavy (non-hydrogen) atoms. The Morgan fingerprint density at radius 1 is 1.55 bits per heavy atom. The number of nitrogens with zero attached hydrogens (tertiary/aromatic N) is 1. The molecule has 1 unspecified atom stereocenters. The molecule has 0 amide bonds. The van der Waals surface area contributed by atoms with Crippen molar-refractivity contribution in [3.8, 4) is 0 Å². The molecule has 62 valence electrons. The molecule has 3 nitrogen and oxygen atoms in total. The van der Waals surface area contributed by atoms with Crippen LogP contribution in [-0.4, -0.2) is 11.7 Å². The molecule has 0 aromatic carbocycles. The van der Waals surface area contributed by atoms with E-state index in [0.717, 1.165) is 17.0 Å².